The zero-order chi connectivity index (χ0) is 8.97. The van der Waals surface area contributed by atoms with Gasteiger partial charge in [0.2, 0.25) is 0 Å². The Hall–Kier alpha value is -0.350. The molecular formula is C8H16N2OS. The zero-order valence-electron chi connectivity index (χ0n) is 7.59. The Balaban J connectivity index is 2.25. The van der Waals surface area contributed by atoms with E-state index >= 15 is 0 Å². The third-order valence-electron chi connectivity index (χ3n) is 2.03. The first-order chi connectivity index (χ1) is 5.74. The van der Waals surface area contributed by atoms with Gasteiger partial charge in [-0.3, -0.25) is 0 Å². The summed E-state index contributed by atoms with van der Waals surface area (Å²) in [6.45, 7) is 5.81. The van der Waals surface area contributed by atoms with Crippen LogP contribution < -0.4 is 10.6 Å². The Kier molecular flexibility index (Phi) is 3.75. The highest BCUT2D eigenvalue weighted by Crippen LogP contribution is 2.11. The molecule has 0 aliphatic carbocycles. The van der Waals surface area contributed by atoms with E-state index in [1.54, 1.807) is 0 Å². The van der Waals surface area contributed by atoms with E-state index in [-0.39, 0.29) is 6.10 Å². The van der Waals surface area contributed by atoms with Gasteiger partial charge in [0.1, 0.15) is 0 Å². The van der Waals surface area contributed by atoms with Crippen molar-refractivity contribution in [2.45, 2.75) is 32.4 Å². The van der Waals surface area contributed by atoms with Crippen molar-refractivity contribution in [1.82, 2.24) is 10.6 Å². The number of thiocarbonyl (C=S) groups is 1. The lowest BCUT2D eigenvalue weighted by molar-refractivity contribution is 0.116. The molecular weight excluding hydrogens is 172 g/mol. The van der Waals surface area contributed by atoms with Gasteiger partial charge in [0, 0.05) is 13.2 Å². The maximum absolute atomic E-state index is 5.39. The molecule has 3 nitrogen and oxygen atoms in total. The van der Waals surface area contributed by atoms with Crippen molar-refractivity contribution in [3.8, 4) is 0 Å². The van der Waals surface area contributed by atoms with Crippen molar-refractivity contribution in [2.75, 3.05) is 13.2 Å². The fourth-order valence-corrected chi connectivity index (χ4v) is 1.60. The molecule has 0 spiro atoms. The highest BCUT2D eigenvalue weighted by molar-refractivity contribution is 7.80. The van der Waals surface area contributed by atoms with E-state index in [9.17, 15) is 0 Å². The molecule has 1 aliphatic heterocycles. The second-order valence-electron chi connectivity index (χ2n) is 2.97. The molecule has 0 saturated carbocycles. The van der Waals surface area contributed by atoms with E-state index in [0.29, 0.717) is 6.04 Å². The highest BCUT2D eigenvalue weighted by atomic mass is 32.1. The third kappa shape index (κ3) is 2.60. The third-order valence-corrected chi connectivity index (χ3v) is 2.29. The predicted molar refractivity (Wildman–Crippen MR) is 53.2 cm³/mol. The summed E-state index contributed by atoms with van der Waals surface area (Å²) in [6.07, 6.45) is 1.33. The first kappa shape index (κ1) is 9.74. The van der Waals surface area contributed by atoms with Crippen molar-refractivity contribution in [2.24, 2.45) is 0 Å². The predicted octanol–water partition coefficient (Wildman–Crippen LogP) is 0.648. The molecule has 2 atom stereocenters. The molecule has 0 amide bonds. The number of hydrogen-bond acceptors (Lipinski definition) is 2. The van der Waals surface area contributed by atoms with Crippen LogP contribution in [-0.2, 0) is 4.74 Å². The average Bonchev–Trinajstić information content (AvgIpc) is 2.37. The van der Waals surface area contributed by atoms with Gasteiger partial charge >= 0.3 is 0 Å². The van der Waals surface area contributed by atoms with Crippen LogP contribution in [0.15, 0.2) is 0 Å². The summed E-state index contributed by atoms with van der Waals surface area (Å²) in [5.41, 5.74) is 0. The summed E-state index contributed by atoms with van der Waals surface area (Å²) in [7, 11) is 0. The minimum Gasteiger partial charge on any atom is -0.376 e. The normalized spacial score (nSPS) is 28.5. The van der Waals surface area contributed by atoms with Crippen molar-refractivity contribution < 1.29 is 4.74 Å². The smallest absolute Gasteiger partial charge is 0.166 e. The summed E-state index contributed by atoms with van der Waals surface area (Å²) in [6, 6.07) is 0.386. The topological polar surface area (TPSA) is 33.3 Å². The molecule has 70 valence electrons. The monoisotopic (exact) mass is 188 g/mol. The molecule has 4 heteroatoms. The molecule has 0 bridgehead atoms. The number of nitrogens with one attached hydrogen (secondary N) is 2. The first-order valence-electron chi connectivity index (χ1n) is 4.40. The molecule has 1 aliphatic rings. The van der Waals surface area contributed by atoms with Crippen LogP contribution in [0.1, 0.15) is 20.3 Å². The minimum atomic E-state index is 0.279. The Morgan fingerprint density at radius 2 is 2.42 bits per heavy atom. The van der Waals surface area contributed by atoms with E-state index in [1.807, 2.05) is 6.92 Å². The summed E-state index contributed by atoms with van der Waals surface area (Å²) >= 11 is 5.06. The summed E-state index contributed by atoms with van der Waals surface area (Å²) < 4.78 is 5.39. The summed E-state index contributed by atoms with van der Waals surface area (Å²) in [4.78, 5) is 0. The molecule has 2 N–H and O–H groups in total. The van der Waals surface area contributed by atoms with Gasteiger partial charge in [0.15, 0.2) is 5.11 Å². The lowest BCUT2D eigenvalue weighted by atomic mass is 10.2. The number of ether oxygens (including phenoxy) is 1. The number of rotatable bonds is 2. The Bertz CT molecular complexity index is 163. The van der Waals surface area contributed by atoms with E-state index in [1.165, 1.54) is 0 Å². The summed E-state index contributed by atoms with van der Waals surface area (Å²) in [5.74, 6) is 0. The quantitative estimate of drug-likeness (QED) is 0.623. The van der Waals surface area contributed by atoms with Crippen LogP contribution in [0.5, 0.6) is 0 Å². The minimum absolute atomic E-state index is 0.279. The molecule has 0 aromatic carbocycles. The van der Waals surface area contributed by atoms with Gasteiger partial charge in [0.25, 0.3) is 0 Å². The standard InChI is InChI=1S/C8H16N2OS/c1-3-9-8(12)10-7-4-5-11-6(7)2/h6-7H,3-5H2,1-2H3,(H2,9,10,12). The van der Waals surface area contributed by atoms with Gasteiger partial charge in [-0.2, -0.15) is 0 Å². The van der Waals surface area contributed by atoms with Crippen LogP contribution in [0.25, 0.3) is 0 Å². The van der Waals surface area contributed by atoms with Gasteiger partial charge in [-0.25, -0.2) is 0 Å². The van der Waals surface area contributed by atoms with Gasteiger partial charge in [-0.05, 0) is 32.5 Å². The van der Waals surface area contributed by atoms with Crippen LogP contribution in [0.2, 0.25) is 0 Å². The molecule has 1 saturated heterocycles. The number of hydrogen-bond donors (Lipinski definition) is 2. The van der Waals surface area contributed by atoms with E-state index in [0.717, 1.165) is 24.7 Å². The van der Waals surface area contributed by atoms with Gasteiger partial charge in [0.05, 0.1) is 12.1 Å². The maximum atomic E-state index is 5.39. The average molecular weight is 188 g/mol. The van der Waals surface area contributed by atoms with Crippen molar-refractivity contribution >= 4 is 17.3 Å². The van der Waals surface area contributed by atoms with Gasteiger partial charge in [-0.1, -0.05) is 0 Å². The molecule has 0 aromatic heterocycles. The second kappa shape index (κ2) is 4.62. The Morgan fingerprint density at radius 1 is 1.67 bits per heavy atom. The molecule has 1 heterocycles. The molecule has 2 unspecified atom stereocenters. The fourth-order valence-electron chi connectivity index (χ4n) is 1.30. The van der Waals surface area contributed by atoms with Crippen LogP contribution in [0.4, 0.5) is 0 Å². The molecule has 1 rings (SSSR count). The van der Waals surface area contributed by atoms with Crippen LogP contribution in [0.3, 0.4) is 0 Å². The van der Waals surface area contributed by atoms with Crippen molar-refractivity contribution in [3.63, 3.8) is 0 Å². The van der Waals surface area contributed by atoms with Crippen molar-refractivity contribution in [3.05, 3.63) is 0 Å². The lowest BCUT2D eigenvalue weighted by Gasteiger charge is -2.17. The van der Waals surface area contributed by atoms with E-state index in [4.69, 9.17) is 17.0 Å². The Morgan fingerprint density at radius 3 is 2.92 bits per heavy atom. The van der Waals surface area contributed by atoms with Crippen molar-refractivity contribution in [1.29, 1.82) is 0 Å². The largest absolute Gasteiger partial charge is 0.376 e. The van der Waals surface area contributed by atoms with Gasteiger partial charge < -0.3 is 15.4 Å². The second-order valence-corrected chi connectivity index (χ2v) is 3.38. The Labute approximate surface area is 78.9 Å². The lowest BCUT2D eigenvalue weighted by Crippen LogP contribution is -2.44. The van der Waals surface area contributed by atoms with Crippen LogP contribution in [0, 0.1) is 0 Å². The van der Waals surface area contributed by atoms with E-state index < -0.39 is 0 Å². The molecule has 0 radical (unpaired) electrons. The SMILES string of the molecule is CCNC(=S)NC1CCOC1C. The molecule has 12 heavy (non-hydrogen) atoms. The molecule has 1 fully saturated rings. The van der Waals surface area contributed by atoms with Crippen LogP contribution >= 0.6 is 12.2 Å². The van der Waals surface area contributed by atoms with Crippen LogP contribution in [-0.4, -0.2) is 30.4 Å². The highest BCUT2D eigenvalue weighted by Gasteiger charge is 2.24. The molecule has 0 aromatic rings. The first-order valence-corrected chi connectivity index (χ1v) is 4.81. The van der Waals surface area contributed by atoms with E-state index in [2.05, 4.69) is 17.6 Å². The zero-order valence-corrected chi connectivity index (χ0v) is 8.41. The fraction of sp³-hybridized carbons (Fsp3) is 0.875. The summed E-state index contributed by atoms with van der Waals surface area (Å²) in [5, 5.41) is 7.02. The van der Waals surface area contributed by atoms with Gasteiger partial charge in [-0.15, -0.1) is 0 Å². The maximum Gasteiger partial charge on any atom is 0.166 e.